The third kappa shape index (κ3) is 4.94. The molecule has 148 valence electrons. The number of para-hydroxylation sites is 1. The second-order valence-corrected chi connectivity index (χ2v) is 7.87. The summed E-state index contributed by atoms with van der Waals surface area (Å²) in [6.07, 6.45) is 0.785. The summed E-state index contributed by atoms with van der Waals surface area (Å²) in [4.78, 5) is 6.56. The lowest BCUT2D eigenvalue weighted by Crippen LogP contribution is -2.06. The molecule has 2 unspecified atom stereocenters. The lowest BCUT2D eigenvalue weighted by atomic mass is 10.0. The van der Waals surface area contributed by atoms with Crippen molar-refractivity contribution in [2.75, 3.05) is 26.4 Å². The van der Waals surface area contributed by atoms with Crippen molar-refractivity contribution < 1.29 is 27.2 Å². The molecule has 1 aromatic heterocycles. The average molecular weight is 404 g/mol. The van der Waals surface area contributed by atoms with E-state index in [4.69, 9.17) is 18.8 Å². The van der Waals surface area contributed by atoms with Gasteiger partial charge in [0.1, 0.15) is 12.2 Å². The highest BCUT2D eigenvalue weighted by Crippen LogP contribution is 2.27. The number of hydrogen-bond acceptors (Lipinski definition) is 6. The predicted molar refractivity (Wildman–Crippen MR) is 102 cm³/mol. The highest BCUT2D eigenvalue weighted by molar-refractivity contribution is 7.85. The minimum Gasteiger partial charge on any atom is -0.376 e. The standard InChI is InChI=1S/C13H10N2O3S.C6H10O3/c16-19(17,18)13-14-11-8-4-7-10(12(11)15-13)9-5-2-1-3-6-9;1(5-3-8-5)7-2-6-4-9-6/h1-8H,(H,14,15)(H,16,17,18);5-6H,1-4H2. The molecule has 0 saturated carbocycles. The molecule has 3 aromatic rings. The van der Waals surface area contributed by atoms with Crippen molar-refractivity contribution in [1.82, 2.24) is 9.97 Å². The van der Waals surface area contributed by atoms with Crippen LogP contribution in [0.1, 0.15) is 0 Å². The number of nitrogens with zero attached hydrogens (tertiary/aromatic N) is 1. The molecule has 2 saturated heterocycles. The van der Waals surface area contributed by atoms with Crippen LogP contribution >= 0.6 is 0 Å². The molecule has 0 aliphatic carbocycles. The second kappa shape index (κ2) is 7.98. The van der Waals surface area contributed by atoms with Gasteiger partial charge in [-0.3, -0.25) is 4.55 Å². The Balaban J connectivity index is 0.000000177. The number of ether oxygens (including phenoxy) is 3. The molecule has 0 amide bonds. The monoisotopic (exact) mass is 404 g/mol. The number of rotatable bonds is 6. The number of hydrogen-bond donors (Lipinski definition) is 2. The SMILES string of the molecule is C(OCC1CO1)C1CO1.O=S(=O)(O)c1nc2c(-c3ccccc3)cccc2[nH]1. The smallest absolute Gasteiger partial charge is 0.328 e. The molecule has 2 N–H and O–H groups in total. The van der Waals surface area contributed by atoms with Crippen molar-refractivity contribution in [2.24, 2.45) is 0 Å². The quantitative estimate of drug-likeness (QED) is 0.478. The predicted octanol–water partition coefficient (Wildman–Crippen LogP) is 2.28. The molecule has 0 spiro atoms. The summed E-state index contributed by atoms with van der Waals surface area (Å²) < 4.78 is 46.4. The molecule has 2 aliphatic rings. The van der Waals surface area contributed by atoms with Crippen LogP contribution in [0.25, 0.3) is 22.2 Å². The van der Waals surface area contributed by atoms with Crippen LogP contribution in [0.5, 0.6) is 0 Å². The van der Waals surface area contributed by atoms with E-state index in [9.17, 15) is 8.42 Å². The largest absolute Gasteiger partial charge is 0.376 e. The Morgan fingerprint density at radius 2 is 1.68 bits per heavy atom. The van der Waals surface area contributed by atoms with Crippen LogP contribution in [0.4, 0.5) is 0 Å². The van der Waals surface area contributed by atoms with Gasteiger partial charge >= 0.3 is 10.1 Å². The summed E-state index contributed by atoms with van der Waals surface area (Å²) >= 11 is 0. The van der Waals surface area contributed by atoms with Crippen LogP contribution in [-0.4, -0.2) is 61.6 Å². The summed E-state index contributed by atoms with van der Waals surface area (Å²) in [5.41, 5.74) is 2.82. The van der Waals surface area contributed by atoms with Gasteiger partial charge in [-0.2, -0.15) is 8.42 Å². The molecule has 0 bridgehead atoms. The third-order valence-corrected chi connectivity index (χ3v) is 4.91. The molecular formula is C19H20N2O6S. The van der Waals surface area contributed by atoms with Crippen molar-refractivity contribution in [2.45, 2.75) is 17.4 Å². The van der Waals surface area contributed by atoms with Gasteiger partial charge in [0.25, 0.3) is 5.16 Å². The number of benzene rings is 2. The maximum absolute atomic E-state index is 11.1. The first-order valence-corrected chi connectivity index (χ1v) is 10.3. The number of imidazole rings is 1. The molecular weight excluding hydrogens is 384 g/mol. The summed E-state index contributed by atoms with van der Waals surface area (Å²) in [7, 11) is -4.33. The average Bonchev–Trinajstić information content (AvgIpc) is 3.61. The zero-order chi connectivity index (χ0) is 19.6. The molecule has 2 fully saturated rings. The number of aromatic amines is 1. The number of nitrogens with one attached hydrogen (secondary N) is 1. The van der Waals surface area contributed by atoms with Crippen molar-refractivity contribution in [3.05, 3.63) is 48.5 Å². The van der Waals surface area contributed by atoms with Gasteiger partial charge in [0.2, 0.25) is 0 Å². The van der Waals surface area contributed by atoms with E-state index < -0.39 is 15.3 Å². The fraction of sp³-hybridized carbons (Fsp3) is 0.316. The Morgan fingerprint density at radius 1 is 1.04 bits per heavy atom. The van der Waals surface area contributed by atoms with E-state index in [2.05, 4.69) is 9.97 Å². The molecule has 28 heavy (non-hydrogen) atoms. The van der Waals surface area contributed by atoms with Gasteiger partial charge in [-0.1, -0.05) is 42.5 Å². The minimum absolute atomic E-state index is 0.392. The van der Waals surface area contributed by atoms with Gasteiger partial charge in [-0.25, -0.2) is 4.98 Å². The van der Waals surface area contributed by atoms with Crippen LogP contribution in [-0.2, 0) is 24.3 Å². The van der Waals surface area contributed by atoms with Crippen LogP contribution in [0.3, 0.4) is 0 Å². The molecule has 2 aromatic carbocycles. The van der Waals surface area contributed by atoms with Gasteiger partial charge in [0.15, 0.2) is 0 Å². The van der Waals surface area contributed by atoms with Gasteiger partial charge < -0.3 is 19.2 Å². The van der Waals surface area contributed by atoms with E-state index in [1.807, 2.05) is 36.4 Å². The van der Waals surface area contributed by atoms with Gasteiger partial charge in [0.05, 0.1) is 37.5 Å². The van der Waals surface area contributed by atoms with E-state index in [1.165, 1.54) is 0 Å². The van der Waals surface area contributed by atoms with Crippen LogP contribution in [0.15, 0.2) is 53.7 Å². The molecule has 0 radical (unpaired) electrons. The van der Waals surface area contributed by atoms with Crippen molar-refractivity contribution in [3.63, 3.8) is 0 Å². The molecule has 9 heteroatoms. The van der Waals surface area contributed by atoms with Gasteiger partial charge in [-0.15, -0.1) is 0 Å². The Kier molecular flexibility index (Phi) is 5.42. The maximum atomic E-state index is 11.1. The first kappa shape index (κ1) is 19.0. The van der Waals surface area contributed by atoms with Crippen molar-refractivity contribution in [1.29, 1.82) is 0 Å². The zero-order valence-electron chi connectivity index (χ0n) is 14.9. The van der Waals surface area contributed by atoms with E-state index in [-0.39, 0.29) is 0 Å². The number of fused-ring (bicyclic) bond motifs is 1. The van der Waals surface area contributed by atoms with E-state index in [0.29, 0.717) is 23.2 Å². The zero-order valence-corrected chi connectivity index (χ0v) is 15.8. The molecule has 8 nitrogen and oxygen atoms in total. The fourth-order valence-corrected chi connectivity index (χ4v) is 3.09. The molecule has 3 heterocycles. The Bertz CT molecular complexity index is 1030. The van der Waals surface area contributed by atoms with E-state index in [1.54, 1.807) is 12.1 Å². The summed E-state index contributed by atoms with van der Waals surface area (Å²) in [6.45, 7) is 3.26. The first-order valence-electron chi connectivity index (χ1n) is 8.83. The molecule has 5 rings (SSSR count). The maximum Gasteiger partial charge on any atom is 0.328 e. The van der Waals surface area contributed by atoms with E-state index in [0.717, 1.165) is 37.6 Å². The van der Waals surface area contributed by atoms with Crippen molar-refractivity contribution >= 4 is 21.2 Å². The normalized spacial score (nSPS) is 20.5. The third-order valence-electron chi connectivity index (χ3n) is 4.23. The summed E-state index contributed by atoms with van der Waals surface area (Å²) in [5, 5.41) is -0.439. The topological polar surface area (TPSA) is 117 Å². The number of epoxide rings is 2. The lowest BCUT2D eigenvalue weighted by molar-refractivity contribution is 0.102. The number of H-pyrrole nitrogens is 1. The Labute approximate surface area is 162 Å². The highest BCUT2D eigenvalue weighted by Gasteiger charge is 2.26. The van der Waals surface area contributed by atoms with Crippen LogP contribution in [0, 0.1) is 0 Å². The molecule has 2 aliphatic heterocycles. The van der Waals surface area contributed by atoms with Crippen molar-refractivity contribution in [3.8, 4) is 11.1 Å². The van der Waals surface area contributed by atoms with Gasteiger partial charge in [0, 0.05) is 5.56 Å². The summed E-state index contributed by atoms with van der Waals surface area (Å²) in [5.74, 6) is 0. The summed E-state index contributed by atoms with van der Waals surface area (Å²) in [6, 6.07) is 14.9. The Morgan fingerprint density at radius 3 is 2.25 bits per heavy atom. The fourth-order valence-electron chi connectivity index (χ4n) is 2.64. The Hall–Kier alpha value is -2.30. The molecule has 2 atom stereocenters. The first-order chi connectivity index (χ1) is 13.5. The van der Waals surface area contributed by atoms with Crippen LogP contribution in [0.2, 0.25) is 0 Å². The van der Waals surface area contributed by atoms with Crippen LogP contribution < -0.4 is 0 Å². The highest BCUT2D eigenvalue weighted by atomic mass is 32.2. The second-order valence-electron chi connectivity index (χ2n) is 6.53. The van der Waals surface area contributed by atoms with Gasteiger partial charge in [-0.05, 0) is 11.6 Å². The number of aromatic nitrogens is 2. The minimum atomic E-state index is -4.33. The van der Waals surface area contributed by atoms with E-state index >= 15 is 0 Å². The lowest BCUT2D eigenvalue weighted by Gasteiger charge is -2.01.